The van der Waals surface area contributed by atoms with Gasteiger partial charge in [0.1, 0.15) is 0 Å². The maximum absolute atomic E-state index is 11.7. The van der Waals surface area contributed by atoms with Gasteiger partial charge in [0.05, 0.1) is 17.7 Å². The molecule has 21 heavy (non-hydrogen) atoms. The number of carbonyl (C=O) groups is 1. The molecule has 0 aliphatic heterocycles. The van der Waals surface area contributed by atoms with Gasteiger partial charge < -0.3 is 14.8 Å². The minimum Gasteiger partial charge on any atom is -0.478 e. The lowest BCUT2D eigenvalue weighted by Gasteiger charge is -2.20. The SMILES string of the molecule is CCc1cn(CCO)c2c(C(=O)O)cc(C(C)(C)C)cc12. The second-order valence-electron chi connectivity index (χ2n) is 6.40. The van der Waals surface area contributed by atoms with Gasteiger partial charge in [0.2, 0.25) is 0 Å². The van der Waals surface area contributed by atoms with E-state index in [-0.39, 0.29) is 12.0 Å². The molecule has 1 aromatic carbocycles. The van der Waals surface area contributed by atoms with E-state index in [1.807, 2.05) is 10.8 Å². The van der Waals surface area contributed by atoms with Gasteiger partial charge >= 0.3 is 5.97 Å². The van der Waals surface area contributed by atoms with E-state index in [0.29, 0.717) is 17.6 Å². The molecule has 4 nitrogen and oxygen atoms in total. The first-order chi connectivity index (χ1) is 9.79. The number of carboxylic acid groups (broad SMARTS) is 1. The van der Waals surface area contributed by atoms with Crippen molar-refractivity contribution in [1.82, 2.24) is 4.57 Å². The van der Waals surface area contributed by atoms with Crippen LogP contribution in [0.2, 0.25) is 0 Å². The summed E-state index contributed by atoms with van der Waals surface area (Å²) in [4.78, 5) is 11.7. The third-order valence-electron chi connectivity index (χ3n) is 3.87. The molecule has 0 bridgehead atoms. The predicted molar refractivity (Wildman–Crippen MR) is 84.1 cm³/mol. The van der Waals surface area contributed by atoms with Crippen LogP contribution >= 0.6 is 0 Å². The van der Waals surface area contributed by atoms with Crippen molar-refractivity contribution >= 4 is 16.9 Å². The highest BCUT2D eigenvalue weighted by Gasteiger charge is 2.22. The number of aromatic carboxylic acids is 1. The van der Waals surface area contributed by atoms with E-state index < -0.39 is 5.97 Å². The Morgan fingerprint density at radius 2 is 1.95 bits per heavy atom. The average Bonchev–Trinajstić information content (AvgIpc) is 2.75. The second kappa shape index (κ2) is 5.53. The molecule has 0 aliphatic carbocycles. The highest BCUT2D eigenvalue weighted by molar-refractivity contribution is 6.04. The van der Waals surface area contributed by atoms with Gasteiger partial charge in [-0.15, -0.1) is 0 Å². The fraction of sp³-hybridized carbons (Fsp3) is 0.471. The molecule has 0 spiro atoms. The maximum atomic E-state index is 11.7. The summed E-state index contributed by atoms with van der Waals surface area (Å²) in [6.45, 7) is 8.70. The Morgan fingerprint density at radius 1 is 1.29 bits per heavy atom. The van der Waals surface area contributed by atoms with Gasteiger partial charge in [0.25, 0.3) is 0 Å². The van der Waals surface area contributed by atoms with Crippen molar-refractivity contribution in [2.45, 2.75) is 46.1 Å². The Labute approximate surface area is 125 Å². The minimum atomic E-state index is -0.925. The molecule has 0 radical (unpaired) electrons. The zero-order valence-corrected chi connectivity index (χ0v) is 13.1. The van der Waals surface area contributed by atoms with Gasteiger partial charge in [-0.05, 0) is 35.1 Å². The summed E-state index contributed by atoms with van der Waals surface area (Å²) in [6, 6.07) is 3.85. The molecule has 1 aromatic heterocycles. The molecule has 0 unspecified atom stereocenters. The van der Waals surface area contributed by atoms with E-state index in [4.69, 9.17) is 0 Å². The van der Waals surface area contributed by atoms with Gasteiger partial charge in [0.15, 0.2) is 0 Å². The molecule has 2 N–H and O–H groups in total. The monoisotopic (exact) mass is 289 g/mol. The largest absolute Gasteiger partial charge is 0.478 e. The number of benzene rings is 1. The summed E-state index contributed by atoms with van der Waals surface area (Å²) in [5.74, 6) is -0.925. The number of aliphatic hydroxyl groups is 1. The Balaban J connectivity index is 2.86. The van der Waals surface area contributed by atoms with Gasteiger partial charge in [0, 0.05) is 18.1 Å². The van der Waals surface area contributed by atoms with Crippen molar-refractivity contribution in [3.63, 3.8) is 0 Å². The smallest absolute Gasteiger partial charge is 0.337 e. The van der Waals surface area contributed by atoms with Crippen molar-refractivity contribution in [2.75, 3.05) is 6.61 Å². The summed E-state index contributed by atoms with van der Waals surface area (Å²) in [5, 5.41) is 19.8. The van der Waals surface area contributed by atoms with Crippen molar-refractivity contribution in [2.24, 2.45) is 0 Å². The molecule has 114 valence electrons. The van der Waals surface area contributed by atoms with E-state index in [1.54, 1.807) is 6.07 Å². The Morgan fingerprint density at radius 3 is 2.43 bits per heavy atom. The Bertz CT molecular complexity index is 677. The third-order valence-corrected chi connectivity index (χ3v) is 3.87. The number of aromatic nitrogens is 1. The van der Waals surface area contributed by atoms with Gasteiger partial charge in [-0.1, -0.05) is 27.7 Å². The molecule has 2 rings (SSSR count). The third kappa shape index (κ3) is 2.81. The predicted octanol–water partition coefficient (Wildman–Crippen LogP) is 3.19. The quantitative estimate of drug-likeness (QED) is 0.908. The van der Waals surface area contributed by atoms with Crippen molar-refractivity contribution in [3.8, 4) is 0 Å². The fourth-order valence-corrected chi connectivity index (χ4v) is 2.67. The molecular weight excluding hydrogens is 266 g/mol. The molecule has 0 fully saturated rings. The first kappa shape index (κ1) is 15.6. The number of nitrogens with zero attached hydrogens (tertiary/aromatic N) is 1. The highest BCUT2D eigenvalue weighted by atomic mass is 16.4. The van der Waals surface area contributed by atoms with Crippen LogP contribution in [0.4, 0.5) is 0 Å². The van der Waals surface area contributed by atoms with E-state index in [0.717, 1.165) is 22.9 Å². The van der Waals surface area contributed by atoms with Crippen molar-refractivity contribution in [3.05, 3.63) is 35.0 Å². The zero-order valence-electron chi connectivity index (χ0n) is 13.1. The maximum Gasteiger partial charge on any atom is 0.337 e. The normalized spacial score (nSPS) is 12.0. The lowest BCUT2D eigenvalue weighted by Crippen LogP contribution is -2.13. The second-order valence-corrected chi connectivity index (χ2v) is 6.40. The molecule has 0 saturated carbocycles. The van der Waals surface area contributed by atoms with Crippen LogP contribution in [0.3, 0.4) is 0 Å². The molecule has 0 saturated heterocycles. The van der Waals surface area contributed by atoms with Crippen molar-refractivity contribution in [1.29, 1.82) is 0 Å². The lowest BCUT2D eigenvalue weighted by molar-refractivity contribution is 0.0698. The van der Waals surface area contributed by atoms with E-state index >= 15 is 0 Å². The standard InChI is InChI=1S/C17H23NO3/c1-5-11-10-18(6-7-19)15-13(11)8-12(17(2,3)4)9-14(15)16(20)21/h8-10,19H,5-7H2,1-4H3,(H,20,21). The first-order valence-corrected chi connectivity index (χ1v) is 7.30. The van der Waals surface area contributed by atoms with Gasteiger partial charge in [-0.3, -0.25) is 0 Å². The summed E-state index contributed by atoms with van der Waals surface area (Å²) in [6.07, 6.45) is 2.79. The van der Waals surface area contributed by atoms with Crippen LogP contribution in [0.5, 0.6) is 0 Å². The molecule has 2 aromatic rings. The average molecular weight is 289 g/mol. The van der Waals surface area contributed by atoms with Gasteiger partial charge in [-0.2, -0.15) is 0 Å². The number of fused-ring (bicyclic) bond motifs is 1. The summed E-state index contributed by atoms with van der Waals surface area (Å²) >= 11 is 0. The number of rotatable bonds is 4. The molecule has 0 amide bonds. The molecule has 4 heteroatoms. The molecular formula is C17H23NO3. The summed E-state index contributed by atoms with van der Waals surface area (Å²) in [7, 11) is 0. The van der Waals surface area contributed by atoms with Crippen LogP contribution < -0.4 is 0 Å². The van der Waals surface area contributed by atoms with E-state index in [2.05, 4.69) is 33.8 Å². The molecule has 0 atom stereocenters. The van der Waals surface area contributed by atoms with Crippen LogP contribution in [0.25, 0.3) is 10.9 Å². The number of carboxylic acids is 1. The number of hydrogen-bond acceptors (Lipinski definition) is 2. The number of hydrogen-bond donors (Lipinski definition) is 2. The number of aryl methyl sites for hydroxylation is 1. The fourth-order valence-electron chi connectivity index (χ4n) is 2.67. The molecule has 1 heterocycles. The van der Waals surface area contributed by atoms with Crippen LogP contribution in [-0.4, -0.2) is 27.4 Å². The number of aliphatic hydroxyl groups excluding tert-OH is 1. The Hall–Kier alpha value is -1.81. The Kier molecular flexibility index (Phi) is 4.10. The minimum absolute atomic E-state index is 0.00693. The topological polar surface area (TPSA) is 62.5 Å². The van der Waals surface area contributed by atoms with Crippen LogP contribution in [0.15, 0.2) is 18.3 Å². The summed E-state index contributed by atoms with van der Waals surface area (Å²) < 4.78 is 1.85. The van der Waals surface area contributed by atoms with E-state index in [9.17, 15) is 15.0 Å². The first-order valence-electron chi connectivity index (χ1n) is 7.30. The van der Waals surface area contributed by atoms with Crippen molar-refractivity contribution < 1.29 is 15.0 Å². The zero-order chi connectivity index (χ0) is 15.8. The van der Waals surface area contributed by atoms with Crippen LogP contribution in [0, 0.1) is 0 Å². The summed E-state index contributed by atoms with van der Waals surface area (Å²) in [5.41, 5.74) is 3.05. The highest BCUT2D eigenvalue weighted by Crippen LogP contribution is 2.32. The lowest BCUT2D eigenvalue weighted by atomic mass is 9.85. The van der Waals surface area contributed by atoms with Crippen LogP contribution in [0.1, 0.15) is 49.2 Å². The van der Waals surface area contributed by atoms with Gasteiger partial charge in [-0.25, -0.2) is 4.79 Å². The van der Waals surface area contributed by atoms with Crippen LogP contribution in [-0.2, 0) is 18.4 Å². The molecule has 0 aliphatic rings. The van der Waals surface area contributed by atoms with E-state index in [1.165, 1.54) is 0 Å².